The number of morpholine rings is 1. The van der Waals surface area contributed by atoms with Crippen molar-refractivity contribution < 1.29 is 9.53 Å². The Kier molecular flexibility index (Phi) is 3.99. The van der Waals surface area contributed by atoms with Crippen LogP contribution in [-0.4, -0.2) is 36.6 Å². The molecule has 0 radical (unpaired) electrons. The summed E-state index contributed by atoms with van der Waals surface area (Å²) >= 11 is 0. The van der Waals surface area contributed by atoms with Crippen molar-refractivity contribution in [1.29, 1.82) is 0 Å². The van der Waals surface area contributed by atoms with E-state index in [1.807, 2.05) is 43.0 Å². The Morgan fingerprint density at radius 1 is 1.44 bits per heavy atom. The minimum absolute atomic E-state index is 0.0188. The molecular formula is C14H20N2O2. The second-order valence-electron chi connectivity index (χ2n) is 4.84. The molecule has 1 aromatic rings. The van der Waals surface area contributed by atoms with Crippen LogP contribution in [0.5, 0.6) is 0 Å². The number of amides is 1. The molecule has 18 heavy (non-hydrogen) atoms. The molecule has 1 fully saturated rings. The first kappa shape index (κ1) is 13.1. The molecule has 0 aliphatic carbocycles. The van der Waals surface area contributed by atoms with E-state index in [4.69, 9.17) is 10.5 Å². The zero-order valence-corrected chi connectivity index (χ0v) is 10.9. The van der Waals surface area contributed by atoms with Crippen LogP contribution in [0.25, 0.3) is 0 Å². The highest BCUT2D eigenvalue weighted by Gasteiger charge is 2.28. The Labute approximate surface area is 108 Å². The smallest absolute Gasteiger partial charge is 0.244 e. The fourth-order valence-corrected chi connectivity index (χ4v) is 2.15. The Morgan fingerprint density at radius 2 is 2.11 bits per heavy atom. The molecule has 0 bridgehead atoms. The van der Waals surface area contributed by atoms with E-state index in [9.17, 15) is 4.79 Å². The van der Waals surface area contributed by atoms with Gasteiger partial charge in [0.25, 0.3) is 0 Å². The first-order chi connectivity index (χ1) is 8.59. The summed E-state index contributed by atoms with van der Waals surface area (Å²) in [6, 6.07) is 7.32. The summed E-state index contributed by atoms with van der Waals surface area (Å²) in [4.78, 5) is 14.2. The highest BCUT2D eigenvalue weighted by molar-refractivity contribution is 5.83. The van der Waals surface area contributed by atoms with Gasteiger partial charge in [-0.2, -0.15) is 0 Å². The van der Waals surface area contributed by atoms with Crippen molar-refractivity contribution >= 4 is 5.91 Å². The maximum atomic E-state index is 12.3. The minimum Gasteiger partial charge on any atom is -0.377 e. The maximum absolute atomic E-state index is 12.3. The molecule has 4 heteroatoms. The minimum atomic E-state index is -0.578. The van der Waals surface area contributed by atoms with Crippen molar-refractivity contribution in [3.63, 3.8) is 0 Å². The predicted octanol–water partition coefficient (Wildman–Crippen LogP) is 1.24. The molecule has 0 aromatic heterocycles. The first-order valence-electron chi connectivity index (χ1n) is 6.30. The second kappa shape index (κ2) is 5.50. The van der Waals surface area contributed by atoms with Crippen molar-refractivity contribution in [2.24, 2.45) is 5.73 Å². The lowest BCUT2D eigenvalue weighted by atomic mass is 10.0. The van der Waals surface area contributed by atoms with Crippen LogP contribution in [0.15, 0.2) is 24.3 Å². The molecule has 1 aliphatic heterocycles. The van der Waals surface area contributed by atoms with E-state index in [1.165, 1.54) is 0 Å². The van der Waals surface area contributed by atoms with Gasteiger partial charge >= 0.3 is 0 Å². The molecular weight excluding hydrogens is 228 g/mol. The number of nitrogens with two attached hydrogens (primary N) is 1. The SMILES string of the molecule is Cc1ccc(C(N)C(=O)N2CCOCC2C)cc1. The monoisotopic (exact) mass is 248 g/mol. The second-order valence-corrected chi connectivity index (χ2v) is 4.84. The molecule has 1 aliphatic rings. The summed E-state index contributed by atoms with van der Waals surface area (Å²) in [7, 11) is 0. The topological polar surface area (TPSA) is 55.6 Å². The van der Waals surface area contributed by atoms with Crippen molar-refractivity contribution in [2.75, 3.05) is 19.8 Å². The van der Waals surface area contributed by atoms with Crippen molar-refractivity contribution in [1.82, 2.24) is 4.90 Å². The molecule has 1 amide bonds. The number of hydrogen-bond acceptors (Lipinski definition) is 3. The lowest BCUT2D eigenvalue weighted by molar-refractivity contribution is -0.140. The third kappa shape index (κ3) is 2.71. The Balaban J connectivity index is 2.10. The van der Waals surface area contributed by atoms with Crippen molar-refractivity contribution in [2.45, 2.75) is 25.9 Å². The number of carbonyl (C=O) groups is 1. The number of nitrogens with zero attached hydrogens (tertiary/aromatic N) is 1. The van der Waals surface area contributed by atoms with Gasteiger partial charge < -0.3 is 15.4 Å². The number of ether oxygens (including phenoxy) is 1. The molecule has 1 aromatic carbocycles. The highest BCUT2D eigenvalue weighted by atomic mass is 16.5. The zero-order valence-electron chi connectivity index (χ0n) is 10.9. The number of hydrogen-bond donors (Lipinski definition) is 1. The quantitative estimate of drug-likeness (QED) is 0.856. The molecule has 2 N–H and O–H groups in total. The Morgan fingerprint density at radius 3 is 2.72 bits per heavy atom. The van der Waals surface area contributed by atoms with Gasteiger partial charge in [-0.05, 0) is 19.4 Å². The van der Waals surface area contributed by atoms with Crippen LogP contribution >= 0.6 is 0 Å². The third-order valence-electron chi connectivity index (χ3n) is 3.35. The molecule has 4 nitrogen and oxygen atoms in total. The first-order valence-corrected chi connectivity index (χ1v) is 6.30. The number of carbonyl (C=O) groups excluding carboxylic acids is 1. The molecule has 2 unspecified atom stereocenters. The van der Waals surface area contributed by atoms with Crippen LogP contribution in [0.4, 0.5) is 0 Å². The van der Waals surface area contributed by atoms with Crippen LogP contribution < -0.4 is 5.73 Å². The van der Waals surface area contributed by atoms with Crippen LogP contribution in [-0.2, 0) is 9.53 Å². The Bertz CT molecular complexity index is 416. The normalized spacial score (nSPS) is 21.7. The fraction of sp³-hybridized carbons (Fsp3) is 0.500. The summed E-state index contributed by atoms with van der Waals surface area (Å²) < 4.78 is 5.33. The van der Waals surface area contributed by atoms with Crippen molar-refractivity contribution in [3.8, 4) is 0 Å². The van der Waals surface area contributed by atoms with Gasteiger partial charge in [0.1, 0.15) is 6.04 Å². The molecule has 1 saturated heterocycles. The van der Waals surface area contributed by atoms with E-state index in [1.54, 1.807) is 0 Å². The lowest BCUT2D eigenvalue weighted by Gasteiger charge is -2.35. The largest absolute Gasteiger partial charge is 0.377 e. The summed E-state index contributed by atoms with van der Waals surface area (Å²) in [6.07, 6.45) is 0. The van der Waals surface area contributed by atoms with E-state index in [2.05, 4.69) is 0 Å². The van der Waals surface area contributed by atoms with E-state index in [0.29, 0.717) is 19.8 Å². The highest BCUT2D eigenvalue weighted by Crippen LogP contribution is 2.17. The molecule has 0 spiro atoms. The standard InChI is InChI=1S/C14H20N2O2/c1-10-3-5-12(6-4-10)13(15)14(17)16-7-8-18-9-11(16)2/h3-6,11,13H,7-9,15H2,1-2H3. The van der Waals surface area contributed by atoms with Crippen LogP contribution in [0.1, 0.15) is 24.1 Å². The zero-order chi connectivity index (χ0) is 13.1. The summed E-state index contributed by atoms with van der Waals surface area (Å²) in [5.74, 6) is -0.0188. The van der Waals surface area contributed by atoms with E-state index in [-0.39, 0.29) is 11.9 Å². The van der Waals surface area contributed by atoms with Gasteiger partial charge in [0.05, 0.1) is 19.3 Å². The predicted molar refractivity (Wildman–Crippen MR) is 70.1 cm³/mol. The van der Waals surface area contributed by atoms with E-state index < -0.39 is 6.04 Å². The lowest BCUT2D eigenvalue weighted by Crippen LogP contribution is -2.50. The maximum Gasteiger partial charge on any atom is 0.244 e. The van der Waals surface area contributed by atoms with Gasteiger partial charge in [-0.15, -0.1) is 0 Å². The number of benzene rings is 1. The van der Waals surface area contributed by atoms with Gasteiger partial charge in [0, 0.05) is 6.54 Å². The third-order valence-corrected chi connectivity index (χ3v) is 3.35. The Hall–Kier alpha value is -1.39. The molecule has 98 valence electrons. The average molecular weight is 248 g/mol. The molecule has 0 saturated carbocycles. The summed E-state index contributed by atoms with van der Waals surface area (Å²) in [5.41, 5.74) is 8.08. The number of rotatable bonds is 2. The van der Waals surface area contributed by atoms with Crippen LogP contribution in [0.2, 0.25) is 0 Å². The summed E-state index contributed by atoms with van der Waals surface area (Å²) in [6.45, 7) is 5.81. The van der Waals surface area contributed by atoms with Gasteiger partial charge in [-0.3, -0.25) is 4.79 Å². The van der Waals surface area contributed by atoms with Crippen LogP contribution in [0.3, 0.4) is 0 Å². The van der Waals surface area contributed by atoms with Gasteiger partial charge in [-0.25, -0.2) is 0 Å². The van der Waals surface area contributed by atoms with Crippen molar-refractivity contribution in [3.05, 3.63) is 35.4 Å². The average Bonchev–Trinajstić information content (AvgIpc) is 2.38. The molecule has 2 rings (SSSR count). The van der Waals surface area contributed by atoms with E-state index in [0.717, 1.165) is 11.1 Å². The number of aryl methyl sites for hydroxylation is 1. The summed E-state index contributed by atoms with van der Waals surface area (Å²) in [5, 5.41) is 0. The fourth-order valence-electron chi connectivity index (χ4n) is 2.15. The van der Waals surface area contributed by atoms with Crippen LogP contribution in [0, 0.1) is 6.92 Å². The molecule has 2 atom stereocenters. The van der Waals surface area contributed by atoms with E-state index >= 15 is 0 Å². The van der Waals surface area contributed by atoms with Gasteiger partial charge in [0.2, 0.25) is 5.91 Å². The van der Waals surface area contributed by atoms with Gasteiger partial charge in [0.15, 0.2) is 0 Å². The van der Waals surface area contributed by atoms with Gasteiger partial charge in [-0.1, -0.05) is 29.8 Å². The molecule has 1 heterocycles.